The molecule has 4 rings (SSSR count). The number of nitrogens with one attached hydrogen (secondary N) is 1. The van der Waals surface area contributed by atoms with Gasteiger partial charge in [0.15, 0.2) is 0 Å². The summed E-state index contributed by atoms with van der Waals surface area (Å²) in [5.74, 6) is 1.76. The molecule has 2 aromatic rings. The van der Waals surface area contributed by atoms with Gasteiger partial charge in [0, 0.05) is 19.1 Å². The highest BCUT2D eigenvalue weighted by Crippen LogP contribution is 2.31. The van der Waals surface area contributed by atoms with Crippen LogP contribution in [0.5, 0.6) is 5.75 Å². The predicted octanol–water partition coefficient (Wildman–Crippen LogP) is 4.15. The molecule has 1 heterocycles. The number of ether oxygens (including phenoxy) is 1. The van der Waals surface area contributed by atoms with Gasteiger partial charge in [0.25, 0.3) is 0 Å². The Labute approximate surface area is 157 Å². The van der Waals surface area contributed by atoms with Gasteiger partial charge in [-0.2, -0.15) is 0 Å². The van der Waals surface area contributed by atoms with Crippen LogP contribution in [0.25, 0.3) is 0 Å². The van der Waals surface area contributed by atoms with Crippen molar-refractivity contribution < 1.29 is 4.74 Å². The van der Waals surface area contributed by atoms with Crippen molar-refractivity contribution in [2.45, 2.75) is 45.4 Å². The van der Waals surface area contributed by atoms with Crippen LogP contribution in [0, 0.1) is 12.8 Å². The number of hydrogen-bond acceptors (Lipinski definition) is 3. The van der Waals surface area contributed by atoms with Gasteiger partial charge in [0.05, 0.1) is 0 Å². The summed E-state index contributed by atoms with van der Waals surface area (Å²) < 4.78 is 5.89. The first-order chi connectivity index (χ1) is 12.8. The maximum atomic E-state index is 5.89. The van der Waals surface area contributed by atoms with E-state index in [2.05, 4.69) is 65.7 Å². The Morgan fingerprint density at radius 2 is 1.69 bits per heavy atom. The SMILES string of the molecule is Cc1ccc(COc2ccc(CNCC3CCN(C4CC4)C3)cc2)cc1. The van der Waals surface area contributed by atoms with Gasteiger partial charge >= 0.3 is 0 Å². The molecule has 0 amide bonds. The highest BCUT2D eigenvalue weighted by Gasteiger charge is 2.33. The molecule has 1 aliphatic heterocycles. The topological polar surface area (TPSA) is 24.5 Å². The largest absolute Gasteiger partial charge is 0.489 e. The molecule has 0 spiro atoms. The molecule has 138 valence electrons. The number of rotatable bonds is 8. The van der Waals surface area contributed by atoms with Crippen LogP contribution in [0.2, 0.25) is 0 Å². The van der Waals surface area contributed by atoms with Crippen LogP contribution in [0.4, 0.5) is 0 Å². The predicted molar refractivity (Wildman–Crippen MR) is 106 cm³/mol. The van der Waals surface area contributed by atoms with Gasteiger partial charge in [0.1, 0.15) is 12.4 Å². The zero-order valence-electron chi connectivity index (χ0n) is 15.8. The molecule has 2 aliphatic rings. The smallest absolute Gasteiger partial charge is 0.119 e. The molecule has 1 N–H and O–H groups in total. The molecule has 3 heteroatoms. The number of nitrogens with zero attached hydrogens (tertiary/aromatic N) is 1. The summed E-state index contributed by atoms with van der Waals surface area (Å²) in [4.78, 5) is 2.69. The maximum Gasteiger partial charge on any atom is 0.119 e. The highest BCUT2D eigenvalue weighted by molar-refractivity contribution is 5.28. The standard InChI is InChI=1S/C23H30N2O/c1-18-2-4-20(5-3-18)17-26-23-10-6-19(7-11-23)14-24-15-21-12-13-25(16-21)22-8-9-22/h2-7,10-11,21-22,24H,8-9,12-17H2,1H3. The van der Waals surface area contributed by atoms with Crippen molar-refractivity contribution in [1.82, 2.24) is 10.2 Å². The van der Waals surface area contributed by atoms with E-state index in [-0.39, 0.29) is 0 Å². The van der Waals surface area contributed by atoms with E-state index >= 15 is 0 Å². The number of aryl methyl sites for hydroxylation is 1. The van der Waals surface area contributed by atoms with Crippen molar-refractivity contribution >= 4 is 0 Å². The van der Waals surface area contributed by atoms with Crippen molar-refractivity contribution in [3.8, 4) is 5.75 Å². The molecule has 0 aromatic heterocycles. The first kappa shape index (κ1) is 17.6. The van der Waals surface area contributed by atoms with Crippen molar-refractivity contribution in [3.63, 3.8) is 0 Å². The van der Waals surface area contributed by atoms with Crippen LogP contribution in [-0.4, -0.2) is 30.6 Å². The second kappa shape index (κ2) is 8.24. The second-order valence-electron chi connectivity index (χ2n) is 7.93. The fraction of sp³-hybridized carbons (Fsp3) is 0.478. The summed E-state index contributed by atoms with van der Waals surface area (Å²) >= 11 is 0. The van der Waals surface area contributed by atoms with Crippen LogP contribution in [0.1, 0.15) is 36.0 Å². The van der Waals surface area contributed by atoms with Crippen LogP contribution in [0.3, 0.4) is 0 Å². The average Bonchev–Trinajstić information content (AvgIpc) is 3.41. The summed E-state index contributed by atoms with van der Waals surface area (Å²) in [5, 5.41) is 3.64. The summed E-state index contributed by atoms with van der Waals surface area (Å²) in [7, 11) is 0. The Morgan fingerprint density at radius 1 is 0.962 bits per heavy atom. The molecule has 26 heavy (non-hydrogen) atoms. The first-order valence-corrected chi connectivity index (χ1v) is 9.98. The molecule has 2 aromatic carbocycles. The van der Waals surface area contributed by atoms with Gasteiger partial charge in [-0.1, -0.05) is 42.0 Å². The molecule has 0 bridgehead atoms. The zero-order chi connectivity index (χ0) is 17.8. The third-order valence-electron chi connectivity index (χ3n) is 5.59. The van der Waals surface area contributed by atoms with E-state index < -0.39 is 0 Å². The van der Waals surface area contributed by atoms with Gasteiger partial charge in [0.2, 0.25) is 0 Å². The lowest BCUT2D eigenvalue weighted by Gasteiger charge is -2.15. The molecular formula is C23H30N2O. The van der Waals surface area contributed by atoms with Gasteiger partial charge < -0.3 is 15.0 Å². The van der Waals surface area contributed by atoms with Crippen molar-refractivity contribution in [3.05, 3.63) is 65.2 Å². The van der Waals surface area contributed by atoms with E-state index in [0.717, 1.165) is 30.8 Å². The zero-order valence-corrected chi connectivity index (χ0v) is 15.8. The second-order valence-corrected chi connectivity index (χ2v) is 7.93. The first-order valence-electron chi connectivity index (χ1n) is 9.98. The van der Waals surface area contributed by atoms with Gasteiger partial charge in [-0.3, -0.25) is 0 Å². The molecule has 1 atom stereocenters. The van der Waals surface area contributed by atoms with E-state index in [9.17, 15) is 0 Å². The Kier molecular flexibility index (Phi) is 5.57. The normalized spacial score (nSPS) is 20.4. The molecule has 1 saturated carbocycles. The fourth-order valence-corrected chi connectivity index (χ4v) is 3.78. The summed E-state index contributed by atoms with van der Waals surface area (Å²) in [6.45, 7) is 7.41. The van der Waals surface area contributed by atoms with Crippen LogP contribution in [-0.2, 0) is 13.2 Å². The molecule has 0 radical (unpaired) electrons. The lowest BCUT2D eigenvalue weighted by Crippen LogP contribution is -2.27. The average molecular weight is 351 g/mol. The Morgan fingerprint density at radius 3 is 2.42 bits per heavy atom. The molecule has 1 unspecified atom stereocenters. The van der Waals surface area contributed by atoms with E-state index in [1.165, 1.54) is 49.0 Å². The van der Waals surface area contributed by atoms with E-state index in [0.29, 0.717) is 6.61 Å². The molecule has 1 aliphatic carbocycles. The third kappa shape index (κ3) is 4.87. The van der Waals surface area contributed by atoms with Crippen molar-refractivity contribution in [1.29, 1.82) is 0 Å². The molecule has 2 fully saturated rings. The monoisotopic (exact) mass is 350 g/mol. The van der Waals surface area contributed by atoms with E-state index in [4.69, 9.17) is 4.74 Å². The molecule has 3 nitrogen and oxygen atoms in total. The fourth-order valence-electron chi connectivity index (χ4n) is 3.78. The lowest BCUT2D eigenvalue weighted by molar-refractivity contribution is 0.306. The summed E-state index contributed by atoms with van der Waals surface area (Å²) in [5.41, 5.74) is 3.81. The minimum absolute atomic E-state index is 0.622. The highest BCUT2D eigenvalue weighted by atomic mass is 16.5. The Balaban J connectivity index is 1.17. The lowest BCUT2D eigenvalue weighted by atomic mass is 10.1. The van der Waals surface area contributed by atoms with Crippen LogP contribution in [0.15, 0.2) is 48.5 Å². The molecular weight excluding hydrogens is 320 g/mol. The minimum atomic E-state index is 0.622. The van der Waals surface area contributed by atoms with Crippen LogP contribution >= 0.6 is 0 Å². The quantitative estimate of drug-likeness (QED) is 0.774. The Bertz CT molecular complexity index is 691. The number of likely N-dealkylation sites (tertiary alicyclic amines) is 1. The summed E-state index contributed by atoms with van der Waals surface area (Å²) in [6, 6.07) is 17.9. The van der Waals surface area contributed by atoms with Crippen molar-refractivity contribution in [2.24, 2.45) is 5.92 Å². The maximum absolute atomic E-state index is 5.89. The van der Waals surface area contributed by atoms with Gasteiger partial charge in [-0.15, -0.1) is 0 Å². The molecule has 1 saturated heterocycles. The van der Waals surface area contributed by atoms with Crippen LogP contribution < -0.4 is 10.1 Å². The van der Waals surface area contributed by atoms with Crippen molar-refractivity contribution in [2.75, 3.05) is 19.6 Å². The number of benzene rings is 2. The van der Waals surface area contributed by atoms with Gasteiger partial charge in [-0.05, 0) is 68.5 Å². The summed E-state index contributed by atoms with van der Waals surface area (Å²) in [6.07, 6.45) is 4.21. The Hall–Kier alpha value is -1.84. The third-order valence-corrected chi connectivity index (χ3v) is 5.59. The van der Waals surface area contributed by atoms with E-state index in [1.807, 2.05) is 0 Å². The number of hydrogen-bond donors (Lipinski definition) is 1. The van der Waals surface area contributed by atoms with Gasteiger partial charge in [-0.25, -0.2) is 0 Å². The van der Waals surface area contributed by atoms with E-state index in [1.54, 1.807) is 0 Å². The minimum Gasteiger partial charge on any atom is -0.489 e.